The first-order chi connectivity index (χ1) is 16.6. The quantitative estimate of drug-likeness (QED) is 0.512. The van der Waals surface area contributed by atoms with E-state index in [1.54, 1.807) is 35.6 Å². The summed E-state index contributed by atoms with van der Waals surface area (Å²) in [5.74, 6) is 1.31. The topological polar surface area (TPSA) is 104 Å². The first-order valence-electron chi connectivity index (χ1n) is 11.7. The molecule has 0 atom stereocenters. The predicted molar refractivity (Wildman–Crippen MR) is 130 cm³/mol. The van der Waals surface area contributed by atoms with E-state index in [4.69, 9.17) is 4.52 Å². The largest absolute Gasteiger partial charge is 0.339 e. The lowest BCUT2D eigenvalue weighted by atomic mass is 10.1. The Bertz CT molecular complexity index is 1120. The van der Waals surface area contributed by atoms with Crippen molar-refractivity contribution in [1.29, 1.82) is 0 Å². The van der Waals surface area contributed by atoms with E-state index in [0.29, 0.717) is 36.1 Å². The maximum Gasteiger partial charge on any atom is 0.319 e. The summed E-state index contributed by atoms with van der Waals surface area (Å²) in [5, 5.41) is 11.8. The molecule has 2 N–H and O–H groups in total. The van der Waals surface area contributed by atoms with Crippen LogP contribution >= 0.6 is 11.3 Å². The fourth-order valence-electron chi connectivity index (χ4n) is 3.98. The number of aromatic nitrogens is 2. The fourth-order valence-corrected chi connectivity index (χ4v) is 4.63. The van der Waals surface area contributed by atoms with E-state index in [0.717, 1.165) is 50.2 Å². The van der Waals surface area contributed by atoms with E-state index in [2.05, 4.69) is 25.7 Å². The van der Waals surface area contributed by atoms with Gasteiger partial charge in [0.15, 0.2) is 0 Å². The monoisotopic (exact) mass is 480 g/mol. The van der Waals surface area contributed by atoms with Crippen molar-refractivity contribution in [1.82, 2.24) is 25.3 Å². The first-order valence-corrected chi connectivity index (χ1v) is 12.6. The molecular formula is C24H28N6O3S. The minimum absolute atomic E-state index is 0.00197. The van der Waals surface area contributed by atoms with Crippen LogP contribution in [0, 0.1) is 0 Å². The molecule has 3 aromatic rings. The van der Waals surface area contributed by atoms with Gasteiger partial charge in [0.1, 0.15) is 0 Å². The molecule has 2 aliphatic rings. The molecule has 0 bridgehead atoms. The number of carbonyl (C=O) groups excluding carboxylic acids is 2. The van der Waals surface area contributed by atoms with Gasteiger partial charge >= 0.3 is 6.03 Å². The summed E-state index contributed by atoms with van der Waals surface area (Å²) in [6, 6.07) is 11.2. The van der Waals surface area contributed by atoms with Crippen LogP contribution in [0.5, 0.6) is 0 Å². The highest BCUT2D eigenvalue weighted by Crippen LogP contribution is 2.22. The van der Waals surface area contributed by atoms with Crippen LogP contribution in [-0.2, 0) is 6.42 Å². The Morgan fingerprint density at radius 1 is 1.12 bits per heavy atom. The molecule has 3 amide bonds. The van der Waals surface area contributed by atoms with Gasteiger partial charge in [-0.05, 0) is 55.5 Å². The molecule has 9 nitrogen and oxygen atoms in total. The van der Waals surface area contributed by atoms with Crippen LogP contribution in [0.4, 0.5) is 10.5 Å². The summed E-state index contributed by atoms with van der Waals surface area (Å²) in [7, 11) is 0. The van der Waals surface area contributed by atoms with Crippen molar-refractivity contribution < 1.29 is 14.1 Å². The number of hydrogen-bond acceptors (Lipinski definition) is 7. The standard InChI is InChI=1S/C24H28N6O3S/c31-23(17-4-1-5-19(16-17)26-24(32)25-18-8-9-18)30-13-11-29(12-14-30)10-2-7-21-27-22(28-33-21)20-6-3-15-34-20/h1,3-6,15-16,18H,2,7-14H2,(H2,25,26,32). The van der Waals surface area contributed by atoms with E-state index >= 15 is 0 Å². The average Bonchev–Trinajstić information content (AvgIpc) is 3.29. The molecule has 1 saturated heterocycles. The third-order valence-corrected chi connectivity index (χ3v) is 6.88. The van der Waals surface area contributed by atoms with Crippen molar-refractivity contribution in [2.75, 3.05) is 38.0 Å². The van der Waals surface area contributed by atoms with Crippen molar-refractivity contribution in [3.63, 3.8) is 0 Å². The lowest BCUT2D eigenvalue weighted by Gasteiger charge is -2.34. The van der Waals surface area contributed by atoms with Gasteiger partial charge in [-0.25, -0.2) is 4.79 Å². The number of nitrogens with one attached hydrogen (secondary N) is 2. The summed E-state index contributed by atoms with van der Waals surface area (Å²) in [5.41, 5.74) is 1.22. The number of nitrogens with zero attached hydrogens (tertiary/aromatic N) is 4. The molecule has 5 rings (SSSR count). The number of thiophene rings is 1. The molecule has 0 spiro atoms. The number of benzene rings is 1. The van der Waals surface area contributed by atoms with E-state index in [9.17, 15) is 9.59 Å². The molecule has 2 fully saturated rings. The maximum absolute atomic E-state index is 13.0. The summed E-state index contributed by atoms with van der Waals surface area (Å²) in [4.78, 5) is 34.7. The summed E-state index contributed by atoms with van der Waals surface area (Å²) >= 11 is 1.60. The van der Waals surface area contributed by atoms with E-state index < -0.39 is 0 Å². The molecule has 178 valence electrons. The predicted octanol–water partition coefficient (Wildman–Crippen LogP) is 3.47. The first kappa shape index (κ1) is 22.5. The van der Waals surface area contributed by atoms with Gasteiger partial charge in [-0.3, -0.25) is 9.69 Å². The molecule has 10 heteroatoms. The zero-order chi connectivity index (χ0) is 23.3. The number of piperazine rings is 1. The van der Waals surface area contributed by atoms with Gasteiger partial charge in [0.05, 0.1) is 4.88 Å². The van der Waals surface area contributed by atoms with Crippen molar-refractivity contribution in [3.05, 3.63) is 53.2 Å². The van der Waals surface area contributed by atoms with Crippen LogP contribution in [0.15, 0.2) is 46.3 Å². The van der Waals surface area contributed by atoms with E-state index in [1.807, 2.05) is 22.4 Å². The van der Waals surface area contributed by atoms with Gasteiger partial charge in [0.25, 0.3) is 5.91 Å². The minimum atomic E-state index is -0.219. The number of anilines is 1. The number of carbonyl (C=O) groups is 2. The average molecular weight is 481 g/mol. The smallest absolute Gasteiger partial charge is 0.319 e. The molecule has 1 saturated carbocycles. The number of hydrogen-bond donors (Lipinski definition) is 2. The summed E-state index contributed by atoms with van der Waals surface area (Å²) < 4.78 is 5.37. The molecular weight excluding hydrogens is 452 g/mol. The number of aryl methyl sites for hydroxylation is 1. The van der Waals surface area contributed by atoms with Gasteiger partial charge in [-0.2, -0.15) is 4.98 Å². The zero-order valence-electron chi connectivity index (χ0n) is 18.9. The Labute approximate surface area is 202 Å². The molecule has 1 aliphatic carbocycles. The third kappa shape index (κ3) is 5.81. The van der Waals surface area contributed by atoms with Crippen LogP contribution in [0.1, 0.15) is 35.5 Å². The van der Waals surface area contributed by atoms with E-state index in [-0.39, 0.29) is 18.0 Å². The van der Waals surface area contributed by atoms with Crippen molar-refractivity contribution in [2.45, 2.75) is 31.7 Å². The molecule has 1 aromatic carbocycles. The Kier molecular flexibility index (Phi) is 6.87. The number of amides is 3. The second-order valence-electron chi connectivity index (χ2n) is 8.68. The lowest BCUT2D eigenvalue weighted by molar-refractivity contribution is 0.0635. The van der Waals surface area contributed by atoms with Gasteiger partial charge < -0.3 is 20.1 Å². The Morgan fingerprint density at radius 3 is 2.74 bits per heavy atom. The van der Waals surface area contributed by atoms with Gasteiger partial charge in [-0.15, -0.1) is 11.3 Å². The van der Waals surface area contributed by atoms with Crippen molar-refractivity contribution in [2.24, 2.45) is 0 Å². The third-order valence-electron chi connectivity index (χ3n) is 6.01. The minimum Gasteiger partial charge on any atom is -0.339 e. The highest BCUT2D eigenvalue weighted by atomic mass is 32.1. The molecule has 1 aliphatic heterocycles. The molecule has 2 aromatic heterocycles. The second kappa shape index (κ2) is 10.4. The van der Waals surface area contributed by atoms with Crippen LogP contribution in [-0.4, -0.2) is 70.6 Å². The normalized spacial score (nSPS) is 16.4. The van der Waals surface area contributed by atoms with Crippen molar-refractivity contribution in [3.8, 4) is 10.7 Å². The summed E-state index contributed by atoms with van der Waals surface area (Å²) in [6.07, 6.45) is 3.74. The second-order valence-corrected chi connectivity index (χ2v) is 9.63. The zero-order valence-corrected chi connectivity index (χ0v) is 19.7. The molecule has 34 heavy (non-hydrogen) atoms. The van der Waals surface area contributed by atoms with Crippen LogP contribution in [0.25, 0.3) is 10.7 Å². The molecule has 0 radical (unpaired) electrons. The van der Waals surface area contributed by atoms with Crippen LogP contribution in [0.2, 0.25) is 0 Å². The molecule has 0 unspecified atom stereocenters. The SMILES string of the molecule is O=C(Nc1cccc(C(=O)N2CCN(CCCc3nc(-c4cccs4)no3)CC2)c1)NC1CC1. The van der Waals surface area contributed by atoms with Crippen LogP contribution in [0.3, 0.4) is 0 Å². The van der Waals surface area contributed by atoms with Gasteiger partial charge in [0.2, 0.25) is 11.7 Å². The molecule has 3 heterocycles. The number of rotatable bonds is 8. The van der Waals surface area contributed by atoms with E-state index in [1.165, 1.54) is 0 Å². The van der Waals surface area contributed by atoms with Gasteiger partial charge in [0, 0.05) is 49.9 Å². The van der Waals surface area contributed by atoms with Crippen LogP contribution < -0.4 is 10.6 Å². The lowest BCUT2D eigenvalue weighted by Crippen LogP contribution is -2.48. The Hall–Kier alpha value is -3.24. The Morgan fingerprint density at radius 2 is 1.97 bits per heavy atom. The number of urea groups is 1. The van der Waals surface area contributed by atoms with Gasteiger partial charge in [-0.1, -0.05) is 17.3 Å². The Balaban J connectivity index is 1.05. The highest BCUT2D eigenvalue weighted by Gasteiger charge is 2.24. The maximum atomic E-state index is 13.0. The fraction of sp³-hybridized carbons (Fsp3) is 0.417. The highest BCUT2D eigenvalue weighted by molar-refractivity contribution is 7.13. The summed E-state index contributed by atoms with van der Waals surface area (Å²) in [6.45, 7) is 3.95. The van der Waals surface area contributed by atoms with Crippen molar-refractivity contribution >= 4 is 29.0 Å².